The first-order chi connectivity index (χ1) is 12.7. The third-order valence-electron chi connectivity index (χ3n) is 4.19. The van der Waals surface area contributed by atoms with Gasteiger partial charge in [-0.15, -0.1) is 11.8 Å². The number of morpholine rings is 1. The summed E-state index contributed by atoms with van der Waals surface area (Å²) in [4.78, 5) is 15.4. The van der Waals surface area contributed by atoms with Gasteiger partial charge in [0.2, 0.25) is 5.91 Å². The molecule has 3 rings (SSSR count). The highest BCUT2D eigenvalue weighted by Crippen LogP contribution is 2.26. The number of amides is 1. The first-order valence-electron chi connectivity index (χ1n) is 8.72. The Morgan fingerprint density at radius 3 is 2.77 bits per heavy atom. The Balaban J connectivity index is 1.39. The fraction of sp³-hybridized carbons (Fsp3) is 0.350. The van der Waals surface area contributed by atoms with Gasteiger partial charge in [0.25, 0.3) is 0 Å². The van der Waals surface area contributed by atoms with Crippen molar-refractivity contribution in [2.45, 2.75) is 17.5 Å². The smallest absolute Gasteiger partial charge is 0.230 e. The lowest BCUT2D eigenvalue weighted by molar-refractivity contribution is -0.119. The van der Waals surface area contributed by atoms with Gasteiger partial charge >= 0.3 is 0 Å². The van der Waals surface area contributed by atoms with Gasteiger partial charge in [0.05, 0.1) is 23.5 Å². The van der Waals surface area contributed by atoms with Crippen molar-refractivity contribution in [2.75, 3.05) is 32.0 Å². The summed E-state index contributed by atoms with van der Waals surface area (Å²) in [5, 5.41) is 3.65. The van der Waals surface area contributed by atoms with Crippen molar-refractivity contribution in [3.63, 3.8) is 0 Å². The van der Waals surface area contributed by atoms with Crippen LogP contribution in [0.2, 0.25) is 5.02 Å². The minimum absolute atomic E-state index is 0.00120. The van der Waals surface area contributed by atoms with Crippen LogP contribution in [-0.4, -0.2) is 48.9 Å². The molecule has 0 bridgehead atoms. The van der Waals surface area contributed by atoms with Crippen LogP contribution in [0.5, 0.6) is 0 Å². The van der Waals surface area contributed by atoms with Gasteiger partial charge in [0.15, 0.2) is 0 Å². The molecule has 2 aromatic rings. The summed E-state index contributed by atoms with van der Waals surface area (Å²) in [6, 6.07) is 18.0. The molecule has 4 nitrogen and oxygen atoms in total. The molecule has 1 N–H and O–H groups in total. The van der Waals surface area contributed by atoms with E-state index in [1.807, 2.05) is 30.3 Å². The van der Waals surface area contributed by atoms with Crippen LogP contribution in [0.1, 0.15) is 5.56 Å². The molecule has 1 aliphatic heterocycles. The maximum Gasteiger partial charge on any atom is 0.230 e. The van der Waals surface area contributed by atoms with Crippen molar-refractivity contribution in [1.29, 1.82) is 0 Å². The molecule has 1 amide bonds. The molecule has 1 fully saturated rings. The van der Waals surface area contributed by atoms with E-state index in [4.69, 9.17) is 16.3 Å². The first-order valence-corrected chi connectivity index (χ1v) is 10.1. The highest BCUT2D eigenvalue weighted by Gasteiger charge is 2.21. The van der Waals surface area contributed by atoms with Crippen LogP contribution in [0.15, 0.2) is 59.5 Å². The largest absolute Gasteiger partial charge is 0.374 e. The second-order valence-corrected chi connectivity index (χ2v) is 7.66. The molecule has 0 aromatic heterocycles. The molecule has 6 heteroatoms. The molecule has 0 spiro atoms. The van der Waals surface area contributed by atoms with Gasteiger partial charge in [0.1, 0.15) is 0 Å². The third kappa shape index (κ3) is 6.02. The third-order valence-corrected chi connectivity index (χ3v) is 5.71. The fourth-order valence-electron chi connectivity index (χ4n) is 2.87. The van der Waals surface area contributed by atoms with E-state index in [1.54, 1.807) is 0 Å². The van der Waals surface area contributed by atoms with Gasteiger partial charge in [0, 0.05) is 31.1 Å². The molecule has 2 aromatic carbocycles. The lowest BCUT2D eigenvalue weighted by atomic mass is 10.2. The Bertz CT molecular complexity index is 714. The number of ether oxygens (including phenoxy) is 1. The van der Waals surface area contributed by atoms with E-state index in [9.17, 15) is 4.79 Å². The van der Waals surface area contributed by atoms with E-state index >= 15 is 0 Å². The summed E-state index contributed by atoms with van der Waals surface area (Å²) in [6.45, 7) is 3.89. The minimum atomic E-state index is -0.00120. The molecule has 26 heavy (non-hydrogen) atoms. The number of hydrogen-bond acceptors (Lipinski definition) is 4. The molecule has 138 valence electrons. The Morgan fingerprint density at radius 1 is 1.19 bits per heavy atom. The molecule has 0 radical (unpaired) electrons. The lowest BCUT2D eigenvalue weighted by Gasteiger charge is -2.33. The fourth-order valence-corrected chi connectivity index (χ4v) is 3.94. The zero-order valence-corrected chi connectivity index (χ0v) is 16.1. The standard InChI is InChI=1S/C20H23ClN2O2S/c21-18-8-4-5-9-19(18)26-15-20(24)22-12-17-14-23(10-11-25-17)13-16-6-2-1-3-7-16/h1-9,17H,10-15H2,(H,22,24). The van der Waals surface area contributed by atoms with Gasteiger partial charge < -0.3 is 10.1 Å². The van der Waals surface area contributed by atoms with Gasteiger partial charge in [-0.25, -0.2) is 0 Å². The Hall–Kier alpha value is -1.53. The summed E-state index contributed by atoms with van der Waals surface area (Å²) in [5.41, 5.74) is 1.30. The topological polar surface area (TPSA) is 41.6 Å². The molecular formula is C20H23ClN2O2S. The molecule has 1 aliphatic rings. The molecular weight excluding hydrogens is 368 g/mol. The van der Waals surface area contributed by atoms with Crippen LogP contribution in [0.4, 0.5) is 0 Å². The SMILES string of the molecule is O=C(CSc1ccccc1Cl)NCC1CN(Cc2ccccc2)CCO1. The van der Waals surface area contributed by atoms with Crippen LogP contribution in [-0.2, 0) is 16.1 Å². The second kappa shape index (κ2) is 9.97. The summed E-state index contributed by atoms with van der Waals surface area (Å²) in [6.07, 6.45) is 0.0294. The number of thioether (sulfide) groups is 1. The summed E-state index contributed by atoms with van der Waals surface area (Å²) >= 11 is 7.56. The van der Waals surface area contributed by atoms with E-state index in [2.05, 4.69) is 34.5 Å². The number of nitrogens with zero attached hydrogens (tertiary/aromatic N) is 1. The van der Waals surface area contributed by atoms with Gasteiger partial charge in [-0.3, -0.25) is 9.69 Å². The quantitative estimate of drug-likeness (QED) is 0.735. The van der Waals surface area contributed by atoms with Gasteiger partial charge in [-0.2, -0.15) is 0 Å². The summed E-state index contributed by atoms with van der Waals surface area (Å²) in [7, 11) is 0. The number of rotatable bonds is 7. The van der Waals surface area contributed by atoms with E-state index in [0.717, 1.165) is 24.5 Å². The van der Waals surface area contributed by atoms with Crippen molar-refractivity contribution >= 4 is 29.3 Å². The number of hydrogen-bond donors (Lipinski definition) is 1. The average molecular weight is 391 g/mol. The minimum Gasteiger partial charge on any atom is -0.374 e. The molecule has 1 atom stereocenters. The van der Waals surface area contributed by atoms with E-state index < -0.39 is 0 Å². The van der Waals surface area contributed by atoms with Crippen LogP contribution in [0.25, 0.3) is 0 Å². The van der Waals surface area contributed by atoms with Gasteiger partial charge in [-0.1, -0.05) is 54.1 Å². The van der Waals surface area contributed by atoms with Crippen LogP contribution in [0.3, 0.4) is 0 Å². The van der Waals surface area contributed by atoms with Crippen molar-refractivity contribution in [1.82, 2.24) is 10.2 Å². The van der Waals surface area contributed by atoms with Crippen molar-refractivity contribution in [3.05, 3.63) is 65.2 Å². The zero-order valence-electron chi connectivity index (χ0n) is 14.6. The number of carbonyl (C=O) groups is 1. The van der Waals surface area contributed by atoms with E-state index in [-0.39, 0.29) is 12.0 Å². The monoisotopic (exact) mass is 390 g/mol. The normalized spacial score (nSPS) is 17.8. The molecule has 0 saturated carbocycles. The maximum atomic E-state index is 12.1. The Morgan fingerprint density at radius 2 is 1.96 bits per heavy atom. The van der Waals surface area contributed by atoms with E-state index in [0.29, 0.717) is 23.9 Å². The molecule has 1 saturated heterocycles. The summed E-state index contributed by atoms with van der Waals surface area (Å²) in [5.74, 6) is 0.350. The summed E-state index contributed by atoms with van der Waals surface area (Å²) < 4.78 is 5.79. The van der Waals surface area contributed by atoms with Crippen molar-refractivity contribution in [3.8, 4) is 0 Å². The van der Waals surface area contributed by atoms with Crippen LogP contribution >= 0.6 is 23.4 Å². The highest BCUT2D eigenvalue weighted by atomic mass is 35.5. The molecule has 0 aliphatic carbocycles. The van der Waals surface area contributed by atoms with Crippen molar-refractivity contribution in [2.24, 2.45) is 0 Å². The van der Waals surface area contributed by atoms with Crippen LogP contribution in [0, 0.1) is 0 Å². The number of halogens is 1. The number of carbonyl (C=O) groups excluding carboxylic acids is 1. The number of benzene rings is 2. The maximum absolute atomic E-state index is 12.1. The highest BCUT2D eigenvalue weighted by molar-refractivity contribution is 8.00. The van der Waals surface area contributed by atoms with Crippen LogP contribution < -0.4 is 5.32 Å². The zero-order chi connectivity index (χ0) is 18.2. The van der Waals surface area contributed by atoms with Gasteiger partial charge in [-0.05, 0) is 17.7 Å². The Labute approximate surface area is 163 Å². The van der Waals surface area contributed by atoms with Crippen molar-refractivity contribution < 1.29 is 9.53 Å². The average Bonchev–Trinajstić information content (AvgIpc) is 2.67. The predicted octanol–water partition coefficient (Wildman–Crippen LogP) is 3.45. The first kappa shape index (κ1) is 19.2. The van der Waals surface area contributed by atoms with E-state index in [1.165, 1.54) is 17.3 Å². The predicted molar refractivity (Wildman–Crippen MR) is 107 cm³/mol. The molecule has 1 unspecified atom stereocenters. The second-order valence-electron chi connectivity index (χ2n) is 6.24. The lowest BCUT2D eigenvalue weighted by Crippen LogP contribution is -2.47. The molecule has 1 heterocycles. The number of nitrogens with one attached hydrogen (secondary N) is 1. The Kier molecular flexibility index (Phi) is 7.38.